The van der Waals surface area contributed by atoms with E-state index in [0.717, 1.165) is 37.3 Å². The maximum absolute atomic E-state index is 9.38. The molecule has 1 atom stereocenters. The van der Waals surface area contributed by atoms with Gasteiger partial charge in [-0.25, -0.2) is 4.98 Å². The van der Waals surface area contributed by atoms with Crippen molar-refractivity contribution in [2.45, 2.75) is 32.2 Å². The highest BCUT2D eigenvalue weighted by atomic mass is 16.3. The maximum Gasteiger partial charge on any atom is 0.130 e. The van der Waals surface area contributed by atoms with Gasteiger partial charge in [0.25, 0.3) is 0 Å². The van der Waals surface area contributed by atoms with Gasteiger partial charge < -0.3 is 10.0 Å². The van der Waals surface area contributed by atoms with Crippen molar-refractivity contribution in [3.63, 3.8) is 0 Å². The fourth-order valence-electron chi connectivity index (χ4n) is 2.35. The lowest BCUT2D eigenvalue weighted by molar-refractivity contribution is 0.239. The van der Waals surface area contributed by atoms with Crippen LogP contribution < -0.4 is 4.90 Å². The topological polar surface area (TPSA) is 60.2 Å². The van der Waals surface area contributed by atoms with Crippen molar-refractivity contribution in [3.05, 3.63) is 23.4 Å². The molecular formula is C13H17N3O. The number of rotatable bonds is 2. The van der Waals surface area contributed by atoms with Gasteiger partial charge in [0.15, 0.2) is 0 Å². The van der Waals surface area contributed by atoms with Crippen LogP contribution in [0.1, 0.15) is 30.5 Å². The van der Waals surface area contributed by atoms with E-state index in [-0.39, 0.29) is 12.6 Å². The van der Waals surface area contributed by atoms with E-state index in [9.17, 15) is 5.11 Å². The largest absolute Gasteiger partial charge is 0.394 e. The third-order valence-electron chi connectivity index (χ3n) is 3.20. The molecule has 1 aromatic heterocycles. The lowest BCUT2D eigenvalue weighted by atomic mass is 10.0. The van der Waals surface area contributed by atoms with E-state index in [1.54, 1.807) is 12.1 Å². The summed E-state index contributed by atoms with van der Waals surface area (Å²) < 4.78 is 0. The molecule has 0 spiro atoms. The van der Waals surface area contributed by atoms with Gasteiger partial charge in [-0.1, -0.05) is 0 Å². The van der Waals surface area contributed by atoms with Gasteiger partial charge in [-0.2, -0.15) is 5.26 Å². The van der Waals surface area contributed by atoms with Gasteiger partial charge in [-0.3, -0.25) is 0 Å². The second kappa shape index (κ2) is 5.15. The molecule has 90 valence electrons. The number of pyridine rings is 1. The fourth-order valence-corrected chi connectivity index (χ4v) is 2.35. The standard InChI is InChI=1S/C13H17N3O/c1-10-6-11(8-14)7-13(15-10)16-5-3-2-4-12(16)9-17/h6-7,12,17H,2-5,9H2,1H3. The summed E-state index contributed by atoms with van der Waals surface area (Å²) in [5, 5.41) is 18.3. The number of nitrogens with zero attached hydrogens (tertiary/aromatic N) is 3. The molecule has 1 saturated heterocycles. The Kier molecular flexibility index (Phi) is 3.60. The van der Waals surface area contributed by atoms with Gasteiger partial charge in [0.2, 0.25) is 0 Å². The van der Waals surface area contributed by atoms with Gasteiger partial charge in [-0.05, 0) is 38.3 Å². The molecule has 0 saturated carbocycles. The number of nitriles is 1. The molecule has 1 fully saturated rings. The molecule has 4 heteroatoms. The first-order chi connectivity index (χ1) is 8.24. The first-order valence-electron chi connectivity index (χ1n) is 6.01. The Labute approximate surface area is 102 Å². The first kappa shape index (κ1) is 11.9. The van der Waals surface area contributed by atoms with E-state index in [1.807, 2.05) is 6.92 Å². The molecule has 2 heterocycles. The zero-order chi connectivity index (χ0) is 12.3. The summed E-state index contributed by atoms with van der Waals surface area (Å²) in [5.74, 6) is 0.820. The molecule has 17 heavy (non-hydrogen) atoms. The maximum atomic E-state index is 9.38. The smallest absolute Gasteiger partial charge is 0.130 e. The van der Waals surface area contributed by atoms with Crippen LogP contribution in [0.5, 0.6) is 0 Å². The molecule has 0 bridgehead atoms. The Bertz CT molecular complexity index is 439. The molecular weight excluding hydrogens is 214 g/mol. The molecule has 0 aliphatic carbocycles. The molecule has 1 aromatic rings. The van der Waals surface area contributed by atoms with E-state index in [0.29, 0.717) is 5.56 Å². The highest BCUT2D eigenvalue weighted by Crippen LogP contribution is 2.24. The zero-order valence-corrected chi connectivity index (χ0v) is 10.1. The van der Waals surface area contributed by atoms with E-state index in [1.165, 1.54) is 0 Å². The summed E-state index contributed by atoms with van der Waals surface area (Å²) in [6.07, 6.45) is 3.26. The highest BCUT2D eigenvalue weighted by molar-refractivity contribution is 5.47. The number of hydrogen-bond donors (Lipinski definition) is 1. The predicted octanol–water partition coefficient (Wildman–Crippen LogP) is 1.61. The van der Waals surface area contributed by atoms with Crippen LogP contribution in [0.25, 0.3) is 0 Å². The summed E-state index contributed by atoms with van der Waals surface area (Å²) in [4.78, 5) is 6.59. The number of aromatic nitrogens is 1. The van der Waals surface area contributed by atoms with Crippen LogP contribution >= 0.6 is 0 Å². The van der Waals surface area contributed by atoms with Gasteiger partial charge in [-0.15, -0.1) is 0 Å². The zero-order valence-electron chi connectivity index (χ0n) is 10.1. The van der Waals surface area contributed by atoms with Gasteiger partial charge in [0.1, 0.15) is 5.82 Å². The number of hydrogen-bond acceptors (Lipinski definition) is 4. The van der Waals surface area contributed by atoms with Crippen molar-refractivity contribution in [2.75, 3.05) is 18.1 Å². The Morgan fingerprint density at radius 1 is 1.53 bits per heavy atom. The van der Waals surface area contributed by atoms with E-state index >= 15 is 0 Å². The number of aliphatic hydroxyl groups excluding tert-OH is 1. The number of aliphatic hydroxyl groups is 1. The second-order valence-corrected chi connectivity index (χ2v) is 4.49. The average Bonchev–Trinajstić information content (AvgIpc) is 2.37. The summed E-state index contributed by atoms with van der Waals surface area (Å²) in [5.41, 5.74) is 1.48. The van der Waals surface area contributed by atoms with Gasteiger partial charge >= 0.3 is 0 Å². The third kappa shape index (κ3) is 2.56. The summed E-state index contributed by atoms with van der Waals surface area (Å²) >= 11 is 0. The highest BCUT2D eigenvalue weighted by Gasteiger charge is 2.23. The van der Waals surface area contributed by atoms with Gasteiger partial charge in [0, 0.05) is 12.2 Å². The van der Waals surface area contributed by atoms with Crippen LogP contribution in [0.2, 0.25) is 0 Å². The van der Waals surface area contributed by atoms with Crippen LogP contribution in [0.15, 0.2) is 12.1 Å². The van der Waals surface area contributed by atoms with Crippen molar-refractivity contribution in [1.29, 1.82) is 5.26 Å². The van der Waals surface area contributed by atoms with E-state index in [4.69, 9.17) is 5.26 Å². The monoisotopic (exact) mass is 231 g/mol. The number of anilines is 1. The Hall–Kier alpha value is -1.60. The summed E-state index contributed by atoms with van der Waals surface area (Å²) in [6, 6.07) is 5.88. The van der Waals surface area contributed by atoms with Crippen LogP contribution in [-0.4, -0.2) is 29.3 Å². The summed E-state index contributed by atoms with van der Waals surface area (Å²) in [7, 11) is 0. The van der Waals surface area contributed by atoms with Crippen molar-refractivity contribution in [2.24, 2.45) is 0 Å². The SMILES string of the molecule is Cc1cc(C#N)cc(N2CCCCC2CO)n1. The van der Waals surface area contributed by atoms with Crippen LogP contribution in [0.4, 0.5) is 5.82 Å². The van der Waals surface area contributed by atoms with Gasteiger partial charge in [0.05, 0.1) is 24.3 Å². The molecule has 1 aliphatic rings. The van der Waals surface area contributed by atoms with Crippen molar-refractivity contribution in [3.8, 4) is 6.07 Å². The molecule has 1 N–H and O–H groups in total. The van der Waals surface area contributed by atoms with Crippen LogP contribution in [0.3, 0.4) is 0 Å². The minimum atomic E-state index is 0.143. The molecule has 0 radical (unpaired) electrons. The molecule has 2 rings (SSSR count). The van der Waals surface area contributed by atoms with Crippen LogP contribution in [0, 0.1) is 18.3 Å². The quantitative estimate of drug-likeness (QED) is 0.840. The molecule has 1 unspecified atom stereocenters. The molecule has 0 aromatic carbocycles. The van der Waals surface area contributed by atoms with Crippen molar-refractivity contribution >= 4 is 5.82 Å². The third-order valence-corrected chi connectivity index (χ3v) is 3.20. The molecule has 0 amide bonds. The summed E-state index contributed by atoms with van der Waals surface area (Å²) in [6.45, 7) is 2.95. The normalized spacial score (nSPS) is 20.1. The minimum Gasteiger partial charge on any atom is -0.394 e. The second-order valence-electron chi connectivity index (χ2n) is 4.49. The van der Waals surface area contributed by atoms with E-state index in [2.05, 4.69) is 16.0 Å². The van der Waals surface area contributed by atoms with Crippen LogP contribution in [-0.2, 0) is 0 Å². The number of aryl methyl sites for hydroxylation is 1. The molecule has 1 aliphatic heterocycles. The Morgan fingerprint density at radius 2 is 2.35 bits per heavy atom. The first-order valence-corrected chi connectivity index (χ1v) is 6.01. The average molecular weight is 231 g/mol. The lowest BCUT2D eigenvalue weighted by Crippen LogP contribution is -2.42. The molecule has 4 nitrogen and oxygen atoms in total. The van der Waals surface area contributed by atoms with Crippen molar-refractivity contribution in [1.82, 2.24) is 4.98 Å². The Balaban J connectivity index is 2.31. The van der Waals surface area contributed by atoms with E-state index < -0.39 is 0 Å². The lowest BCUT2D eigenvalue weighted by Gasteiger charge is -2.35. The predicted molar refractivity (Wildman–Crippen MR) is 65.8 cm³/mol. The minimum absolute atomic E-state index is 0.143. The Morgan fingerprint density at radius 3 is 3.06 bits per heavy atom. The van der Waals surface area contributed by atoms with Crippen molar-refractivity contribution < 1.29 is 5.11 Å². The fraction of sp³-hybridized carbons (Fsp3) is 0.538. The number of piperidine rings is 1.